The number of phenols is 1. The predicted molar refractivity (Wildman–Crippen MR) is 188 cm³/mol. The number of rotatable bonds is 5. The Morgan fingerprint density at radius 1 is 0.760 bits per heavy atom. The van der Waals surface area contributed by atoms with E-state index >= 15 is 4.79 Å². The van der Waals surface area contributed by atoms with Gasteiger partial charge in [0.15, 0.2) is 5.78 Å². The molecule has 2 heterocycles. The number of halogens is 2. The lowest BCUT2D eigenvalue weighted by Gasteiger charge is -2.50. The summed E-state index contributed by atoms with van der Waals surface area (Å²) in [5.74, 6) is -5.98. The summed E-state index contributed by atoms with van der Waals surface area (Å²) in [6, 6.07) is 26.6. The van der Waals surface area contributed by atoms with Crippen molar-refractivity contribution >= 4 is 64.0 Å². The molecule has 8 nitrogen and oxygen atoms in total. The molecule has 6 unspecified atom stereocenters. The normalized spacial score (nSPS) is 27.2. The number of benzene rings is 4. The van der Waals surface area contributed by atoms with Gasteiger partial charge in [-0.1, -0.05) is 71.2 Å². The average Bonchev–Trinajstić information content (AvgIpc) is 3.50. The van der Waals surface area contributed by atoms with Crippen molar-refractivity contribution in [2.75, 3.05) is 9.80 Å². The van der Waals surface area contributed by atoms with Crippen molar-refractivity contribution in [2.45, 2.75) is 31.1 Å². The van der Waals surface area contributed by atoms with E-state index in [-0.39, 0.29) is 30.3 Å². The highest BCUT2D eigenvalue weighted by Crippen LogP contribution is 2.65. The third-order valence-corrected chi connectivity index (χ3v) is 11.5. The Bertz CT molecular complexity index is 2170. The van der Waals surface area contributed by atoms with Gasteiger partial charge in [0, 0.05) is 27.1 Å². The molecule has 8 rings (SSSR count). The Morgan fingerprint density at radius 3 is 2.18 bits per heavy atom. The summed E-state index contributed by atoms with van der Waals surface area (Å²) >= 11 is 12.9. The molecule has 4 aromatic rings. The first-order valence-corrected chi connectivity index (χ1v) is 17.2. The maximum Gasteiger partial charge on any atom is 0.246 e. The van der Waals surface area contributed by atoms with Gasteiger partial charge >= 0.3 is 0 Å². The van der Waals surface area contributed by atoms with E-state index in [1.165, 1.54) is 22.8 Å². The quantitative estimate of drug-likeness (QED) is 0.133. The Morgan fingerprint density at radius 2 is 1.48 bits per heavy atom. The molecular formula is C40H30Cl2N2O6. The molecule has 0 radical (unpaired) electrons. The highest BCUT2D eigenvalue weighted by Gasteiger charge is 2.70. The van der Waals surface area contributed by atoms with Crippen LogP contribution < -0.4 is 9.80 Å². The number of amides is 4. The number of fused-ring (bicyclic) bond motifs is 4. The van der Waals surface area contributed by atoms with Gasteiger partial charge in [-0.3, -0.25) is 28.9 Å². The lowest BCUT2D eigenvalue weighted by molar-refractivity contribution is -0.127. The molecule has 2 saturated heterocycles. The molecule has 2 aliphatic carbocycles. The smallest absolute Gasteiger partial charge is 0.246 e. The number of anilines is 2. The van der Waals surface area contributed by atoms with E-state index in [1.54, 1.807) is 60.7 Å². The van der Waals surface area contributed by atoms with E-state index in [0.717, 1.165) is 0 Å². The van der Waals surface area contributed by atoms with Gasteiger partial charge in [-0.2, -0.15) is 0 Å². The first kappa shape index (κ1) is 32.2. The van der Waals surface area contributed by atoms with E-state index in [4.69, 9.17) is 23.2 Å². The molecule has 250 valence electrons. The van der Waals surface area contributed by atoms with Gasteiger partial charge in [-0.25, -0.2) is 4.90 Å². The van der Waals surface area contributed by atoms with Crippen LogP contribution in [0, 0.1) is 23.7 Å². The monoisotopic (exact) mass is 704 g/mol. The number of imide groups is 2. The van der Waals surface area contributed by atoms with Crippen molar-refractivity contribution in [1.29, 1.82) is 0 Å². The molecule has 0 spiro atoms. The number of carbonyl (C=O) groups excluding carboxylic acids is 5. The van der Waals surface area contributed by atoms with Gasteiger partial charge in [-0.15, -0.1) is 0 Å². The number of carbonyl (C=O) groups is 5. The zero-order valence-electron chi connectivity index (χ0n) is 26.8. The lowest BCUT2D eigenvalue weighted by atomic mass is 9.49. The van der Waals surface area contributed by atoms with Crippen LogP contribution >= 0.6 is 23.2 Å². The Balaban J connectivity index is 1.34. The molecule has 3 fully saturated rings. The standard InChI is InChI=1S/C40H30Cl2N2O6/c1-21(45)22-10-13-26(14-11-22)43-36(47)29-16-15-28-30(34(29)38(43)49)20-32-37(48)44(27-9-5-8-24(41)18-27)39(50)40(32,23-6-3-2-4-7-23)35(28)31-19-25(42)12-17-33(31)46/h2-15,17-19,29-30,32,34-35,46H,16,20H2,1H3. The van der Waals surface area contributed by atoms with E-state index in [2.05, 4.69) is 0 Å². The SMILES string of the molecule is CC(=O)c1ccc(N2C(=O)C3CC=C4C(CC5C(=O)N(c6cccc(Cl)c6)C(=O)C5(c5ccccc5)C4c4cc(Cl)ccc4O)C3C2=O)cc1. The van der Waals surface area contributed by atoms with Crippen molar-refractivity contribution in [2.24, 2.45) is 23.7 Å². The second kappa shape index (κ2) is 11.8. The van der Waals surface area contributed by atoms with Crippen LogP contribution in [0.1, 0.15) is 47.2 Å². The van der Waals surface area contributed by atoms with Gasteiger partial charge in [0.1, 0.15) is 5.75 Å². The minimum Gasteiger partial charge on any atom is -0.508 e. The summed E-state index contributed by atoms with van der Waals surface area (Å²) in [5.41, 5.74) is 1.23. The fourth-order valence-electron chi connectivity index (χ4n) is 8.94. The minimum atomic E-state index is -1.54. The summed E-state index contributed by atoms with van der Waals surface area (Å²) in [5, 5.41) is 12.2. The molecule has 50 heavy (non-hydrogen) atoms. The van der Waals surface area contributed by atoms with Crippen LogP contribution in [0.15, 0.2) is 109 Å². The summed E-state index contributed by atoms with van der Waals surface area (Å²) in [6.45, 7) is 1.44. The van der Waals surface area contributed by atoms with Gasteiger partial charge in [0.25, 0.3) is 0 Å². The fourth-order valence-corrected chi connectivity index (χ4v) is 9.31. The number of ketones is 1. The molecular weight excluding hydrogens is 675 g/mol. The number of Topliss-reactive ketones (excluding diaryl/α,β-unsaturated/α-hetero) is 1. The van der Waals surface area contributed by atoms with Gasteiger partial charge in [0.05, 0.1) is 34.5 Å². The van der Waals surface area contributed by atoms with Crippen LogP contribution in [0.25, 0.3) is 0 Å². The van der Waals surface area contributed by atoms with Crippen LogP contribution in [-0.2, 0) is 24.6 Å². The molecule has 1 N–H and O–H groups in total. The largest absolute Gasteiger partial charge is 0.508 e. The van der Waals surface area contributed by atoms with Crippen molar-refractivity contribution in [3.05, 3.63) is 135 Å². The van der Waals surface area contributed by atoms with Crippen LogP contribution in [0.5, 0.6) is 5.75 Å². The zero-order valence-corrected chi connectivity index (χ0v) is 28.3. The number of allylic oxidation sites excluding steroid dienone is 2. The zero-order chi connectivity index (χ0) is 35.1. The Labute approximate surface area is 297 Å². The summed E-state index contributed by atoms with van der Waals surface area (Å²) < 4.78 is 0. The molecule has 4 amide bonds. The van der Waals surface area contributed by atoms with Crippen LogP contribution in [0.4, 0.5) is 11.4 Å². The van der Waals surface area contributed by atoms with E-state index in [9.17, 15) is 24.3 Å². The molecule has 4 aliphatic rings. The molecule has 10 heteroatoms. The third-order valence-electron chi connectivity index (χ3n) is 11.0. The van der Waals surface area contributed by atoms with Crippen molar-refractivity contribution in [3.8, 4) is 5.75 Å². The van der Waals surface area contributed by atoms with Crippen molar-refractivity contribution < 1.29 is 29.1 Å². The third kappa shape index (κ3) is 4.55. The number of nitrogens with zero attached hydrogens (tertiary/aromatic N) is 2. The van der Waals surface area contributed by atoms with Crippen LogP contribution in [0.3, 0.4) is 0 Å². The second-order valence-electron chi connectivity index (χ2n) is 13.4. The van der Waals surface area contributed by atoms with E-state index in [1.807, 2.05) is 36.4 Å². The first-order valence-electron chi connectivity index (χ1n) is 16.4. The second-order valence-corrected chi connectivity index (χ2v) is 14.3. The molecule has 0 aromatic heterocycles. The van der Waals surface area contributed by atoms with Crippen LogP contribution in [-0.4, -0.2) is 34.5 Å². The Hall–Kier alpha value is -5.05. The van der Waals surface area contributed by atoms with E-state index in [0.29, 0.717) is 43.7 Å². The number of hydrogen-bond donors (Lipinski definition) is 1. The molecule has 6 atom stereocenters. The summed E-state index contributed by atoms with van der Waals surface area (Å²) in [7, 11) is 0. The number of hydrogen-bond acceptors (Lipinski definition) is 6. The highest BCUT2D eigenvalue weighted by molar-refractivity contribution is 6.32. The first-order chi connectivity index (χ1) is 24.0. The number of phenolic OH excluding ortho intramolecular Hbond substituents is 1. The van der Waals surface area contributed by atoms with Gasteiger partial charge in [-0.05, 0) is 91.9 Å². The number of aromatic hydroxyl groups is 1. The molecule has 0 bridgehead atoms. The topological polar surface area (TPSA) is 112 Å². The maximum absolute atomic E-state index is 15.3. The lowest BCUT2D eigenvalue weighted by Crippen LogP contribution is -2.53. The molecule has 4 aromatic carbocycles. The minimum absolute atomic E-state index is 0.109. The predicted octanol–water partition coefficient (Wildman–Crippen LogP) is 7.27. The van der Waals surface area contributed by atoms with Crippen LogP contribution in [0.2, 0.25) is 10.0 Å². The van der Waals surface area contributed by atoms with Crippen molar-refractivity contribution in [1.82, 2.24) is 0 Å². The fraction of sp³-hybridized carbons (Fsp3) is 0.225. The highest BCUT2D eigenvalue weighted by atomic mass is 35.5. The molecule has 2 aliphatic heterocycles. The van der Waals surface area contributed by atoms with E-state index < -0.39 is 52.7 Å². The van der Waals surface area contributed by atoms with Gasteiger partial charge in [0.2, 0.25) is 23.6 Å². The summed E-state index contributed by atoms with van der Waals surface area (Å²) in [6.07, 6.45) is 2.25. The Kier molecular flexibility index (Phi) is 7.58. The summed E-state index contributed by atoms with van der Waals surface area (Å²) in [4.78, 5) is 72.8. The maximum atomic E-state index is 15.3. The van der Waals surface area contributed by atoms with Gasteiger partial charge < -0.3 is 5.11 Å². The average molecular weight is 706 g/mol. The molecule has 1 saturated carbocycles. The van der Waals surface area contributed by atoms with Crippen molar-refractivity contribution in [3.63, 3.8) is 0 Å².